The summed E-state index contributed by atoms with van der Waals surface area (Å²) >= 11 is 1.44. The second-order valence-electron chi connectivity index (χ2n) is 5.23. The third-order valence-electron chi connectivity index (χ3n) is 3.51. The maximum atomic E-state index is 12.9. The first-order valence-corrected chi connectivity index (χ1v) is 8.54. The fraction of sp³-hybridized carbons (Fsp3) is 0.235. The number of nitrogens with two attached hydrogens (primary N) is 1. The number of aromatic nitrogens is 1. The van der Waals surface area contributed by atoms with Crippen LogP contribution in [0.25, 0.3) is 0 Å². The molecule has 0 aliphatic rings. The van der Waals surface area contributed by atoms with E-state index in [4.69, 9.17) is 5.73 Å². The lowest BCUT2D eigenvalue weighted by Gasteiger charge is -2.14. The number of nitrogens with one attached hydrogen (secondary N) is 1. The number of amides is 2. The van der Waals surface area contributed by atoms with Gasteiger partial charge in [0.25, 0.3) is 5.91 Å². The minimum absolute atomic E-state index is 0.114. The molecule has 0 aliphatic heterocycles. The van der Waals surface area contributed by atoms with Crippen molar-refractivity contribution < 1.29 is 14.0 Å². The zero-order valence-corrected chi connectivity index (χ0v) is 14.0. The summed E-state index contributed by atoms with van der Waals surface area (Å²) in [4.78, 5) is 27.9. The molecule has 24 heavy (non-hydrogen) atoms. The number of hydrogen-bond acceptors (Lipinski definition) is 4. The summed E-state index contributed by atoms with van der Waals surface area (Å²) < 4.78 is 12.9. The van der Waals surface area contributed by atoms with Gasteiger partial charge in [0.05, 0.1) is 10.9 Å². The van der Waals surface area contributed by atoms with Crippen LogP contribution in [0.3, 0.4) is 0 Å². The van der Waals surface area contributed by atoms with Crippen LogP contribution in [-0.4, -0.2) is 29.6 Å². The number of hydrogen-bond donors (Lipinski definition) is 2. The average Bonchev–Trinajstić information content (AvgIpc) is 2.59. The Kier molecular flexibility index (Phi) is 6.31. The van der Waals surface area contributed by atoms with E-state index in [1.807, 2.05) is 6.26 Å². The highest BCUT2D eigenvalue weighted by atomic mass is 32.2. The topological polar surface area (TPSA) is 85.1 Å². The van der Waals surface area contributed by atoms with Gasteiger partial charge in [-0.25, -0.2) is 9.37 Å². The van der Waals surface area contributed by atoms with Gasteiger partial charge in [-0.3, -0.25) is 9.59 Å². The van der Waals surface area contributed by atoms with E-state index in [1.165, 1.54) is 23.9 Å². The van der Waals surface area contributed by atoms with E-state index < -0.39 is 11.8 Å². The van der Waals surface area contributed by atoms with E-state index in [-0.39, 0.29) is 18.3 Å². The summed E-state index contributed by atoms with van der Waals surface area (Å²) in [6.07, 6.45) is 3.77. The molecule has 2 amide bonds. The molecule has 0 saturated carbocycles. The molecular weight excluding hydrogens is 329 g/mol. The number of thioether (sulfide) groups is 1. The quantitative estimate of drug-likeness (QED) is 0.751. The van der Waals surface area contributed by atoms with Crippen LogP contribution in [0.5, 0.6) is 0 Å². The zero-order chi connectivity index (χ0) is 17.5. The third-order valence-corrected chi connectivity index (χ3v) is 4.15. The number of pyridine rings is 1. The molecular formula is C17H18FN3O2S. The predicted octanol–water partition coefficient (Wildman–Crippen LogP) is 2.02. The molecule has 0 bridgehead atoms. The highest BCUT2D eigenvalue weighted by Crippen LogP contribution is 2.13. The Bertz CT molecular complexity index is 722. The van der Waals surface area contributed by atoms with E-state index in [0.29, 0.717) is 12.0 Å². The minimum Gasteiger partial charge on any atom is -0.369 e. The monoisotopic (exact) mass is 347 g/mol. The van der Waals surface area contributed by atoms with Crippen molar-refractivity contribution in [3.8, 4) is 0 Å². The Morgan fingerprint density at radius 2 is 2.00 bits per heavy atom. The molecule has 1 aromatic carbocycles. The maximum absolute atomic E-state index is 12.9. The van der Waals surface area contributed by atoms with Crippen LogP contribution >= 0.6 is 11.8 Å². The lowest BCUT2D eigenvalue weighted by molar-refractivity contribution is -0.121. The molecule has 1 atom stereocenters. The molecule has 1 aromatic heterocycles. The lowest BCUT2D eigenvalue weighted by Crippen LogP contribution is -2.37. The Balaban J connectivity index is 1.99. The second kappa shape index (κ2) is 8.44. The van der Waals surface area contributed by atoms with Crippen molar-refractivity contribution in [2.45, 2.75) is 11.4 Å². The molecule has 126 valence electrons. The Morgan fingerprint density at radius 1 is 1.29 bits per heavy atom. The third kappa shape index (κ3) is 5.06. The summed E-state index contributed by atoms with van der Waals surface area (Å²) in [6, 6.07) is 9.13. The smallest absolute Gasteiger partial charge is 0.251 e. The molecule has 5 nitrogen and oxygen atoms in total. The van der Waals surface area contributed by atoms with Crippen LogP contribution in [0.2, 0.25) is 0 Å². The highest BCUT2D eigenvalue weighted by Gasteiger charge is 2.18. The van der Waals surface area contributed by atoms with Crippen LogP contribution in [0.1, 0.15) is 15.9 Å². The van der Waals surface area contributed by atoms with Crippen molar-refractivity contribution in [2.24, 2.45) is 11.7 Å². The SMILES string of the molecule is CSc1cc(C(=O)NCC(Cc2ccc(F)cc2)C(N)=O)ccn1. The van der Waals surface area contributed by atoms with Crippen LogP contribution < -0.4 is 11.1 Å². The largest absolute Gasteiger partial charge is 0.369 e. The lowest BCUT2D eigenvalue weighted by atomic mass is 9.98. The van der Waals surface area contributed by atoms with Gasteiger partial charge in [0.15, 0.2) is 0 Å². The van der Waals surface area contributed by atoms with Crippen LogP contribution in [0, 0.1) is 11.7 Å². The first-order valence-electron chi connectivity index (χ1n) is 7.31. The number of benzene rings is 1. The van der Waals surface area contributed by atoms with E-state index in [0.717, 1.165) is 10.6 Å². The van der Waals surface area contributed by atoms with Crippen molar-refractivity contribution >= 4 is 23.6 Å². The molecule has 0 radical (unpaired) electrons. The van der Waals surface area contributed by atoms with Gasteiger partial charge >= 0.3 is 0 Å². The Labute approximate surface area is 143 Å². The number of carbonyl (C=O) groups excluding carboxylic acids is 2. The standard InChI is InChI=1S/C17H18FN3O2S/c1-24-15-9-12(6-7-20-15)17(23)21-10-13(16(19)22)8-11-2-4-14(18)5-3-11/h2-7,9,13H,8,10H2,1H3,(H2,19,22)(H,21,23). The molecule has 1 heterocycles. The number of rotatable bonds is 7. The van der Waals surface area contributed by atoms with Crippen LogP contribution in [-0.2, 0) is 11.2 Å². The molecule has 0 aliphatic carbocycles. The number of primary amides is 1. The average molecular weight is 347 g/mol. The molecule has 3 N–H and O–H groups in total. The van der Waals surface area contributed by atoms with Crippen LogP contribution in [0.15, 0.2) is 47.6 Å². The van der Waals surface area contributed by atoms with Gasteiger partial charge < -0.3 is 11.1 Å². The first-order chi connectivity index (χ1) is 11.5. The van der Waals surface area contributed by atoms with E-state index >= 15 is 0 Å². The van der Waals surface area contributed by atoms with Gasteiger partial charge in [0.1, 0.15) is 5.82 Å². The van der Waals surface area contributed by atoms with Gasteiger partial charge in [-0.2, -0.15) is 0 Å². The number of halogens is 1. The first kappa shape index (κ1) is 17.9. The van der Waals surface area contributed by atoms with Gasteiger partial charge in [-0.15, -0.1) is 11.8 Å². The summed E-state index contributed by atoms with van der Waals surface area (Å²) in [6.45, 7) is 0.114. The molecule has 0 spiro atoms. The number of carbonyl (C=O) groups is 2. The second-order valence-corrected chi connectivity index (χ2v) is 6.05. The molecule has 2 aromatic rings. The minimum atomic E-state index is -0.568. The molecule has 0 fully saturated rings. The fourth-order valence-electron chi connectivity index (χ4n) is 2.16. The normalized spacial score (nSPS) is 11.8. The van der Waals surface area contributed by atoms with Gasteiger partial charge in [-0.05, 0) is 42.5 Å². The van der Waals surface area contributed by atoms with E-state index in [9.17, 15) is 14.0 Å². The summed E-state index contributed by atoms with van der Waals surface area (Å²) in [7, 11) is 0. The van der Waals surface area contributed by atoms with Gasteiger partial charge in [0.2, 0.25) is 5.91 Å². The zero-order valence-electron chi connectivity index (χ0n) is 13.2. The fourth-order valence-corrected chi connectivity index (χ4v) is 2.57. The van der Waals surface area contributed by atoms with E-state index in [2.05, 4.69) is 10.3 Å². The Morgan fingerprint density at radius 3 is 2.62 bits per heavy atom. The summed E-state index contributed by atoms with van der Waals surface area (Å²) in [5, 5.41) is 3.45. The molecule has 7 heteroatoms. The predicted molar refractivity (Wildman–Crippen MR) is 91.1 cm³/mol. The maximum Gasteiger partial charge on any atom is 0.251 e. The summed E-state index contributed by atoms with van der Waals surface area (Å²) in [5.74, 6) is -1.72. The van der Waals surface area contributed by atoms with Gasteiger partial charge in [-0.1, -0.05) is 12.1 Å². The van der Waals surface area contributed by atoms with Crippen molar-refractivity contribution in [2.75, 3.05) is 12.8 Å². The molecule has 2 rings (SSSR count). The summed E-state index contributed by atoms with van der Waals surface area (Å²) in [5.41, 5.74) is 6.66. The molecule has 0 saturated heterocycles. The van der Waals surface area contributed by atoms with Crippen molar-refractivity contribution in [3.63, 3.8) is 0 Å². The number of nitrogens with zero attached hydrogens (tertiary/aromatic N) is 1. The van der Waals surface area contributed by atoms with Crippen molar-refractivity contribution in [3.05, 3.63) is 59.5 Å². The van der Waals surface area contributed by atoms with Gasteiger partial charge in [0, 0.05) is 18.3 Å². The van der Waals surface area contributed by atoms with Crippen molar-refractivity contribution in [1.29, 1.82) is 0 Å². The molecule has 1 unspecified atom stereocenters. The van der Waals surface area contributed by atoms with E-state index in [1.54, 1.807) is 30.5 Å². The van der Waals surface area contributed by atoms with Crippen molar-refractivity contribution in [1.82, 2.24) is 10.3 Å². The van der Waals surface area contributed by atoms with Crippen LogP contribution in [0.4, 0.5) is 4.39 Å². The Hall–Kier alpha value is -2.41. The highest BCUT2D eigenvalue weighted by molar-refractivity contribution is 7.98.